The van der Waals surface area contributed by atoms with E-state index in [1.54, 1.807) is 23.4 Å². The number of para-hydroxylation sites is 2. The lowest BCUT2D eigenvalue weighted by atomic mass is 10.1. The third-order valence-corrected chi connectivity index (χ3v) is 14.6. The Morgan fingerprint density at radius 1 is 0.344 bits per heavy atom. The highest BCUT2D eigenvalue weighted by Gasteiger charge is 2.19. The summed E-state index contributed by atoms with van der Waals surface area (Å²) in [4.78, 5) is 15.3. The third kappa shape index (κ3) is 21.4. The predicted molar refractivity (Wildman–Crippen MR) is 412 cm³/mol. The number of nitrogens with zero attached hydrogens (tertiary/aromatic N) is 15. The number of benzene rings is 6. The van der Waals surface area contributed by atoms with Crippen LogP contribution in [0.4, 0.5) is 0 Å². The van der Waals surface area contributed by atoms with E-state index in [-0.39, 0.29) is 0 Å². The molecule has 0 aliphatic heterocycles. The van der Waals surface area contributed by atoms with Gasteiger partial charge in [-0.25, -0.2) is 4.98 Å². The highest BCUT2D eigenvalue weighted by molar-refractivity contribution is 7.25. The van der Waals surface area contributed by atoms with Crippen LogP contribution in [0.2, 0.25) is 0 Å². The average Bonchev–Trinajstić information content (AvgIpc) is 1.62. The Balaban J connectivity index is 0.00000115. The normalized spacial score (nSPS) is 9.41. The topological polar surface area (TPSA) is 131 Å². The molecule has 0 aliphatic rings. The summed E-state index contributed by atoms with van der Waals surface area (Å²) in [5.41, 5.74) is 12.5. The zero-order chi connectivity index (χ0) is 73.2. The first-order chi connectivity index (χ1) is 46.9. The van der Waals surface area contributed by atoms with Crippen LogP contribution in [0.3, 0.4) is 0 Å². The molecule has 0 bridgehead atoms. The zero-order valence-electron chi connectivity index (χ0n) is 64.7. The lowest BCUT2D eigenvalue weighted by Crippen LogP contribution is -2.41. The Morgan fingerprint density at radius 3 is 1.21 bits per heavy atom. The van der Waals surface area contributed by atoms with E-state index >= 15 is 0 Å². The van der Waals surface area contributed by atoms with Crippen molar-refractivity contribution >= 4 is 75.3 Å². The monoisotopic (exact) mass is 1330 g/mol. The Bertz CT molecular complexity index is 4200. The predicted octanol–water partition coefficient (Wildman–Crippen LogP) is 20.0. The van der Waals surface area contributed by atoms with Crippen LogP contribution in [0, 0.1) is 27.7 Å². The van der Waals surface area contributed by atoms with E-state index in [0.717, 1.165) is 44.6 Å². The summed E-state index contributed by atoms with van der Waals surface area (Å²) in [7, 11) is 9.82. The van der Waals surface area contributed by atoms with E-state index in [2.05, 4.69) is 163 Å². The molecule has 14 aromatic rings. The highest BCUT2D eigenvalue weighted by atomic mass is 32.1. The van der Waals surface area contributed by atoms with Crippen LogP contribution in [-0.2, 0) is 35.2 Å². The Kier molecular flexibility index (Phi) is 43.1. The summed E-state index contributed by atoms with van der Waals surface area (Å²) in [5, 5.41) is 24.3. The lowest BCUT2D eigenvalue weighted by Gasteiger charge is -2.04. The molecule has 0 fully saturated rings. The molecule has 0 atom stereocenters. The van der Waals surface area contributed by atoms with Gasteiger partial charge in [-0.05, 0) is 107 Å². The first-order valence-electron chi connectivity index (χ1n) is 35.1. The Hall–Kier alpha value is -9.22. The van der Waals surface area contributed by atoms with Crippen molar-refractivity contribution in [3.63, 3.8) is 0 Å². The molecule has 0 aliphatic carbocycles. The smallest absolute Gasteiger partial charge is 0.290 e. The van der Waals surface area contributed by atoms with Crippen LogP contribution < -0.4 is 18.7 Å². The molecule has 0 radical (unpaired) electrons. The van der Waals surface area contributed by atoms with Gasteiger partial charge in [0.25, 0.3) is 5.82 Å². The number of rotatable bonds is 4. The molecule has 0 N–H and O–H groups in total. The number of fused-ring (bicyclic) bond motifs is 9. The maximum Gasteiger partial charge on any atom is 0.290 e. The second kappa shape index (κ2) is 47.6. The molecule has 520 valence electrons. The summed E-state index contributed by atoms with van der Waals surface area (Å²) in [6.45, 7) is 52.4. The van der Waals surface area contributed by atoms with E-state index < -0.39 is 0 Å². The number of thiophene rings is 1. The van der Waals surface area contributed by atoms with Crippen LogP contribution in [0.25, 0.3) is 86.8 Å². The van der Waals surface area contributed by atoms with Gasteiger partial charge in [-0.3, -0.25) is 0 Å². The van der Waals surface area contributed by atoms with Gasteiger partial charge in [-0.15, -0.1) is 30.1 Å². The van der Waals surface area contributed by atoms with Crippen LogP contribution in [0.15, 0.2) is 176 Å². The van der Waals surface area contributed by atoms with Crippen molar-refractivity contribution in [2.24, 2.45) is 35.2 Å². The van der Waals surface area contributed by atoms with Gasteiger partial charge >= 0.3 is 0 Å². The zero-order valence-corrected chi connectivity index (χ0v) is 65.5. The first kappa shape index (κ1) is 86.8. The van der Waals surface area contributed by atoms with E-state index in [1.807, 2.05) is 278 Å². The molecule has 14 rings (SSSR count). The summed E-state index contributed by atoms with van der Waals surface area (Å²) in [5.74, 6) is 0.856. The maximum atomic E-state index is 5.90. The molecule has 6 aromatic carbocycles. The van der Waals surface area contributed by atoms with Gasteiger partial charge in [0, 0.05) is 98.0 Å². The summed E-state index contributed by atoms with van der Waals surface area (Å²) in [6, 6.07) is 38.6. The van der Waals surface area contributed by atoms with Crippen LogP contribution in [0.5, 0.6) is 0 Å². The fourth-order valence-corrected chi connectivity index (χ4v) is 10.9. The van der Waals surface area contributed by atoms with Crippen molar-refractivity contribution in [3.05, 3.63) is 194 Å². The van der Waals surface area contributed by atoms with Gasteiger partial charge in [0.2, 0.25) is 18.6 Å². The number of aryl methyl sites for hydroxylation is 9. The van der Waals surface area contributed by atoms with Gasteiger partial charge in [0.1, 0.15) is 17.4 Å². The van der Waals surface area contributed by atoms with Gasteiger partial charge in [0.15, 0.2) is 48.2 Å². The van der Waals surface area contributed by atoms with Crippen molar-refractivity contribution in [2.75, 3.05) is 0 Å². The van der Waals surface area contributed by atoms with Gasteiger partial charge in [-0.2, -0.15) is 0 Å². The van der Waals surface area contributed by atoms with E-state index in [0.29, 0.717) is 0 Å². The largest absolute Gasteiger partial charge is 0.456 e. The van der Waals surface area contributed by atoms with Crippen LogP contribution >= 0.6 is 11.3 Å². The summed E-state index contributed by atoms with van der Waals surface area (Å²) >= 11 is 1.85. The molecule has 8 aromatic heterocycles. The summed E-state index contributed by atoms with van der Waals surface area (Å²) in [6.07, 6.45) is 18.2. The molecular formula is C79H121N15OS+4. The van der Waals surface area contributed by atoms with Crippen molar-refractivity contribution in [3.8, 4) is 22.9 Å². The van der Waals surface area contributed by atoms with E-state index in [9.17, 15) is 0 Å². The molecule has 0 amide bonds. The van der Waals surface area contributed by atoms with Crippen molar-refractivity contribution in [1.29, 1.82) is 0 Å². The molecule has 17 heteroatoms. The van der Waals surface area contributed by atoms with Crippen molar-refractivity contribution < 1.29 is 23.1 Å². The number of hydrogen-bond acceptors (Lipinski definition) is 8. The van der Waals surface area contributed by atoms with Crippen LogP contribution in [0.1, 0.15) is 175 Å². The molecular weight excluding hydrogens is 1210 g/mol. The Labute approximate surface area is 581 Å². The molecule has 16 nitrogen and oxygen atoms in total. The molecule has 0 saturated carbocycles. The highest BCUT2D eigenvalue weighted by Crippen LogP contribution is 2.36. The third-order valence-electron chi connectivity index (χ3n) is 13.5. The molecule has 8 heterocycles. The van der Waals surface area contributed by atoms with E-state index in [1.165, 1.54) is 70.8 Å². The number of furan rings is 1. The Morgan fingerprint density at radius 2 is 0.740 bits per heavy atom. The SMILES string of the molecule is CC.CC.CC.CC.CC.CC.CC.CC.CC.CC.CC.Cc1cc2c(cc1-[n+]1ccnn1C)c1ccccc1n2C.Cc1cc2oc3ccccc3c2cc1-[n+]1ccnn1C.Cc1cc2sc3ccccc3c2cc1-[n+]1ccnn1C.Cc1cncnc1-[n+]1ccnn1C. The van der Waals surface area contributed by atoms with Crippen molar-refractivity contribution in [2.45, 2.75) is 180 Å². The van der Waals surface area contributed by atoms with Gasteiger partial charge < -0.3 is 8.98 Å². The minimum atomic E-state index is 0.856. The first-order valence-corrected chi connectivity index (χ1v) is 35.9. The second-order valence-electron chi connectivity index (χ2n) is 18.2. The minimum Gasteiger partial charge on any atom is -0.456 e. The number of hydrogen-bond donors (Lipinski definition) is 0. The quantitative estimate of drug-likeness (QED) is 0.160. The second-order valence-corrected chi connectivity index (χ2v) is 19.3. The fourth-order valence-electron chi connectivity index (χ4n) is 9.68. The maximum absolute atomic E-state index is 5.90. The molecule has 0 spiro atoms. The van der Waals surface area contributed by atoms with E-state index in [4.69, 9.17) is 4.42 Å². The van der Waals surface area contributed by atoms with Gasteiger partial charge in [-0.1, -0.05) is 217 Å². The molecule has 0 unspecified atom stereocenters. The lowest BCUT2D eigenvalue weighted by molar-refractivity contribution is -0.691. The summed E-state index contributed by atoms with van der Waals surface area (Å²) < 4.78 is 18.9. The minimum absolute atomic E-state index is 0.856. The molecule has 0 saturated heterocycles. The standard InChI is InChI=1S/C17H17N4.C16H14N3O.C16H14N3S.C8H10N5.11C2H6/c1-12-10-17-14(11-16(12)21-9-8-18-20(21)3)13-6-4-5-7-15(13)19(17)2;2*1-11-9-16-13(12-5-3-4-6-15(12)20-16)10-14(11)19-8-7-17-18(19)2;1-7-5-9-6-10-8(7)13-4-3-11-12(13)2;11*1-2/h4-11H,1-3H3;2*3-10H,1-2H3;3-6H,1-2H3;11*1-2H3/q4*+1;;;;;;;;;;;. The average molecular weight is 1330 g/mol. The molecule has 96 heavy (non-hydrogen) atoms. The van der Waals surface area contributed by atoms with Crippen molar-refractivity contribution in [1.82, 2.24) is 54.1 Å². The fraction of sp³-hybridized carbons (Fsp3) is 0.392. The van der Waals surface area contributed by atoms with Crippen LogP contribution in [-0.4, -0.2) is 54.1 Å². The number of aromatic nitrogens is 15. The van der Waals surface area contributed by atoms with Gasteiger partial charge in [0.05, 0.1) is 28.2 Å².